The van der Waals surface area contributed by atoms with Crippen molar-refractivity contribution >= 4 is 0 Å². The smallest absolute Gasteiger partial charge is 0.157 e. The number of aliphatic hydroxyl groups excluding tert-OH is 1. The molecule has 1 heterocycles. The number of allylic oxidation sites excluding steroid dienone is 2. The molecule has 0 aromatic rings. The number of aliphatic hydroxyl groups is 1. The Morgan fingerprint density at radius 3 is 2.81 bits per heavy atom. The van der Waals surface area contributed by atoms with E-state index in [4.69, 9.17) is 9.47 Å². The third-order valence-corrected chi connectivity index (χ3v) is 10.1. The van der Waals surface area contributed by atoms with Crippen molar-refractivity contribution in [2.45, 2.75) is 96.1 Å². The summed E-state index contributed by atoms with van der Waals surface area (Å²) in [6.07, 6.45) is 19.0. The van der Waals surface area contributed by atoms with Gasteiger partial charge in [-0.2, -0.15) is 0 Å². The van der Waals surface area contributed by atoms with Gasteiger partial charge in [-0.05, 0) is 105 Å². The van der Waals surface area contributed by atoms with E-state index in [0.29, 0.717) is 22.3 Å². The molecule has 3 heteroatoms. The van der Waals surface area contributed by atoms with Gasteiger partial charge in [-0.1, -0.05) is 19.1 Å². The first-order valence-corrected chi connectivity index (χ1v) is 11.7. The lowest BCUT2D eigenvalue weighted by atomic mass is 9.52. The molecule has 3 nitrogen and oxygen atoms in total. The number of fused-ring (bicyclic) bond motifs is 3. The van der Waals surface area contributed by atoms with Crippen molar-refractivity contribution in [3.8, 4) is 0 Å². The number of hydrogen-bond donors (Lipinski definition) is 1. The molecular weight excluding hydrogens is 336 g/mol. The quantitative estimate of drug-likeness (QED) is 0.706. The maximum absolute atomic E-state index is 10.3. The van der Waals surface area contributed by atoms with Gasteiger partial charge in [-0.15, -0.1) is 0 Å². The third-order valence-electron chi connectivity index (χ3n) is 10.1. The van der Waals surface area contributed by atoms with E-state index >= 15 is 0 Å². The van der Waals surface area contributed by atoms with E-state index in [9.17, 15) is 5.11 Å². The molecule has 0 amide bonds. The standard InChI is InChI=1S/C24H36O3/c1-22-10-9-19-17(8-11-23-14-16(25)7-12-24(19,23)15-23)18(22)5-6-20(22)27-21-4-2-3-13-26-21/h8,11,16-21,25H,2-7,9-10,12-15H2,1H3/t16-,17-,18-,19-,20-,21+,22-,23-,24-/m0/s1. The van der Waals surface area contributed by atoms with E-state index < -0.39 is 0 Å². The molecule has 5 aliphatic carbocycles. The fourth-order valence-electron chi connectivity index (χ4n) is 8.64. The summed E-state index contributed by atoms with van der Waals surface area (Å²) in [5.41, 5.74) is 1.23. The first-order chi connectivity index (χ1) is 13.1. The summed E-state index contributed by atoms with van der Waals surface area (Å²) in [7, 11) is 0. The van der Waals surface area contributed by atoms with Crippen molar-refractivity contribution in [2.24, 2.45) is 34.0 Å². The van der Waals surface area contributed by atoms with Crippen LogP contribution in [-0.4, -0.2) is 30.2 Å². The third kappa shape index (κ3) is 2.31. The number of ether oxygens (including phenoxy) is 2. The zero-order valence-electron chi connectivity index (χ0n) is 16.9. The molecule has 6 rings (SSSR count). The highest BCUT2D eigenvalue weighted by atomic mass is 16.7. The Morgan fingerprint density at radius 1 is 1.04 bits per heavy atom. The topological polar surface area (TPSA) is 38.7 Å². The van der Waals surface area contributed by atoms with E-state index in [-0.39, 0.29) is 12.4 Å². The summed E-state index contributed by atoms with van der Waals surface area (Å²) in [5.74, 6) is 2.38. The fraction of sp³-hybridized carbons (Fsp3) is 0.917. The van der Waals surface area contributed by atoms with Gasteiger partial charge in [0.25, 0.3) is 0 Å². The molecule has 4 saturated carbocycles. The van der Waals surface area contributed by atoms with Crippen LogP contribution < -0.4 is 0 Å². The van der Waals surface area contributed by atoms with Crippen LogP contribution in [0.25, 0.3) is 0 Å². The summed E-state index contributed by atoms with van der Waals surface area (Å²) >= 11 is 0. The largest absolute Gasteiger partial charge is 0.393 e. The molecule has 150 valence electrons. The zero-order chi connectivity index (χ0) is 18.3. The molecule has 6 aliphatic rings. The minimum atomic E-state index is -0.0598. The molecule has 1 saturated heterocycles. The Balaban J connectivity index is 1.24. The van der Waals surface area contributed by atoms with Crippen LogP contribution in [0.2, 0.25) is 0 Å². The first-order valence-electron chi connectivity index (χ1n) is 11.7. The second-order valence-electron chi connectivity index (χ2n) is 11.1. The van der Waals surface area contributed by atoms with Gasteiger partial charge >= 0.3 is 0 Å². The molecule has 27 heavy (non-hydrogen) atoms. The lowest BCUT2D eigenvalue weighted by Crippen LogP contribution is -2.49. The second kappa shape index (κ2) is 5.83. The van der Waals surface area contributed by atoms with Crippen molar-refractivity contribution in [2.75, 3.05) is 6.61 Å². The van der Waals surface area contributed by atoms with Crippen molar-refractivity contribution in [1.82, 2.24) is 0 Å². The van der Waals surface area contributed by atoms with Crippen LogP contribution in [0, 0.1) is 34.0 Å². The Morgan fingerprint density at radius 2 is 1.96 bits per heavy atom. The molecule has 1 N–H and O–H groups in total. The Kier molecular flexibility index (Phi) is 3.77. The lowest BCUT2D eigenvalue weighted by Gasteiger charge is -2.53. The average Bonchev–Trinajstić information content (AvgIpc) is 3.25. The van der Waals surface area contributed by atoms with Crippen LogP contribution in [0.5, 0.6) is 0 Å². The molecule has 0 unspecified atom stereocenters. The van der Waals surface area contributed by atoms with Crippen LogP contribution in [-0.2, 0) is 9.47 Å². The molecule has 9 atom stereocenters. The number of rotatable bonds is 2. The minimum Gasteiger partial charge on any atom is -0.393 e. The van der Waals surface area contributed by atoms with E-state index in [0.717, 1.165) is 43.6 Å². The van der Waals surface area contributed by atoms with E-state index in [1.165, 1.54) is 51.4 Å². The molecule has 0 aromatic heterocycles. The summed E-state index contributed by atoms with van der Waals surface area (Å²) in [4.78, 5) is 0. The van der Waals surface area contributed by atoms with Crippen LogP contribution in [0.4, 0.5) is 0 Å². The highest BCUT2D eigenvalue weighted by Gasteiger charge is 2.74. The van der Waals surface area contributed by atoms with Gasteiger partial charge in [0.15, 0.2) is 6.29 Å². The monoisotopic (exact) mass is 372 g/mol. The van der Waals surface area contributed by atoms with Gasteiger partial charge in [-0.25, -0.2) is 0 Å². The molecule has 0 radical (unpaired) electrons. The summed E-state index contributed by atoms with van der Waals surface area (Å²) in [6.45, 7) is 3.40. The molecule has 0 spiro atoms. The summed E-state index contributed by atoms with van der Waals surface area (Å²) in [5, 5.41) is 10.3. The van der Waals surface area contributed by atoms with E-state index in [2.05, 4.69) is 19.1 Å². The molecule has 0 aromatic carbocycles. The Bertz CT molecular complexity index is 640. The van der Waals surface area contributed by atoms with E-state index in [1.807, 2.05) is 0 Å². The minimum absolute atomic E-state index is 0.0495. The second-order valence-corrected chi connectivity index (χ2v) is 11.1. The molecular formula is C24H36O3. The van der Waals surface area contributed by atoms with Gasteiger partial charge in [0.05, 0.1) is 12.2 Å². The van der Waals surface area contributed by atoms with Crippen LogP contribution in [0.3, 0.4) is 0 Å². The van der Waals surface area contributed by atoms with Gasteiger partial charge in [0.2, 0.25) is 0 Å². The molecule has 5 fully saturated rings. The van der Waals surface area contributed by atoms with Crippen LogP contribution >= 0.6 is 0 Å². The van der Waals surface area contributed by atoms with Gasteiger partial charge < -0.3 is 14.6 Å². The Labute approximate surface area is 163 Å². The maximum atomic E-state index is 10.3. The fourth-order valence-corrected chi connectivity index (χ4v) is 8.64. The van der Waals surface area contributed by atoms with Crippen LogP contribution in [0.1, 0.15) is 77.6 Å². The lowest BCUT2D eigenvalue weighted by molar-refractivity contribution is -0.214. The average molecular weight is 373 g/mol. The number of hydrogen-bond acceptors (Lipinski definition) is 3. The van der Waals surface area contributed by atoms with Gasteiger partial charge in [-0.3, -0.25) is 0 Å². The van der Waals surface area contributed by atoms with Gasteiger partial charge in [0.1, 0.15) is 0 Å². The highest BCUT2D eigenvalue weighted by Crippen LogP contribution is 2.81. The van der Waals surface area contributed by atoms with E-state index in [1.54, 1.807) is 0 Å². The van der Waals surface area contributed by atoms with Crippen molar-refractivity contribution < 1.29 is 14.6 Å². The molecule has 1 aliphatic heterocycles. The van der Waals surface area contributed by atoms with Crippen molar-refractivity contribution in [3.05, 3.63) is 12.2 Å². The predicted molar refractivity (Wildman–Crippen MR) is 104 cm³/mol. The van der Waals surface area contributed by atoms with Gasteiger partial charge in [0, 0.05) is 6.61 Å². The highest BCUT2D eigenvalue weighted by molar-refractivity contribution is 5.33. The van der Waals surface area contributed by atoms with Crippen molar-refractivity contribution in [1.29, 1.82) is 0 Å². The predicted octanol–water partition coefficient (Wildman–Crippen LogP) is 4.83. The maximum Gasteiger partial charge on any atom is 0.157 e. The molecule has 0 bridgehead atoms. The first kappa shape index (κ1) is 17.5. The van der Waals surface area contributed by atoms with Crippen LogP contribution in [0.15, 0.2) is 12.2 Å². The zero-order valence-corrected chi connectivity index (χ0v) is 16.9. The SMILES string of the molecule is C[C@]12CC[C@H]3[C@@H](C=C[C@@]45C[C@@H](O)CC[C@]34C5)[C@@H]1CC[C@@H]2O[C@@H]1CCCCO1. The van der Waals surface area contributed by atoms with Crippen molar-refractivity contribution in [3.63, 3.8) is 0 Å². The Hall–Kier alpha value is -0.380. The summed E-state index contributed by atoms with van der Waals surface area (Å²) in [6, 6.07) is 0. The normalized spacial score (nSPS) is 58.7. The summed E-state index contributed by atoms with van der Waals surface area (Å²) < 4.78 is 12.5.